The molecule has 0 aromatic carbocycles. The molecule has 0 aliphatic heterocycles. The van der Waals surface area contributed by atoms with Crippen LogP contribution in [0.2, 0.25) is 0 Å². The number of hydrogen-bond donors (Lipinski definition) is 1. The highest BCUT2D eigenvalue weighted by atomic mass is 16.5. The topological polar surface area (TPSA) is 47.6 Å². The zero-order chi connectivity index (χ0) is 14.6. The minimum Gasteiger partial charge on any atom is -0.465 e. The Balaban J connectivity index is 1.79. The van der Waals surface area contributed by atoms with E-state index in [9.17, 15) is 4.79 Å². The highest BCUT2D eigenvalue weighted by Crippen LogP contribution is 2.32. The minimum absolute atomic E-state index is 0.0782. The molecule has 0 spiro atoms. The Hall–Kier alpha value is -0.610. The van der Waals surface area contributed by atoms with Crippen LogP contribution in [0.5, 0.6) is 0 Å². The van der Waals surface area contributed by atoms with Gasteiger partial charge in [-0.1, -0.05) is 12.8 Å². The average Bonchev–Trinajstić information content (AvgIpc) is 3.24. The predicted molar refractivity (Wildman–Crippen MR) is 78.6 cm³/mol. The maximum Gasteiger partial charge on any atom is 0.326 e. The van der Waals surface area contributed by atoms with Crippen LogP contribution < -0.4 is 5.32 Å². The first-order valence-electron chi connectivity index (χ1n) is 8.10. The Labute approximate surface area is 122 Å². The summed E-state index contributed by atoms with van der Waals surface area (Å²) in [6.45, 7) is 7.10. The Kier molecular flexibility index (Phi) is 5.44. The number of carbonyl (C=O) groups is 1. The first-order chi connectivity index (χ1) is 9.53. The van der Waals surface area contributed by atoms with Crippen molar-refractivity contribution in [1.82, 2.24) is 5.32 Å². The number of ether oxygens (including phenoxy) is 2. The molecule has 0 saturated heterocycles. The van der Waals surface area contributed by atoms with Gasteiger partial charge < -0.3 is 9.47 Å². The van der Waals surface area contributed by atoms with Crippen LogP contribution in [-0.4, -0.2) is 36.9 Å². The fourth-order valence-corrected chi connectivity index (χ4v) is 2.65. The molecule has 2 rings (SSSR count). The van der Waals surface area contributed by atoms with Crippen molar-refractivity contribution in [3.8, 4) is 0 Å². The molecule has 0 bridgehead atoms. The lowest BCUT2D eigenvalue weighted by molar-refractivity contribution is -0.152. The Morgan fingerprint density at radius 2 is 2.05 bits per heavy atom. The van der Waals surface area contributed by atoms with Gasteiger partial charge in [0.2, 0.25) is 0 Å². The van der Waals surface area contributed by atoms with Gasteiger partial charge in [0.05, 0.1) is 12.7 Å². The predicted octanol–water partition coefficient (Wildman–Crippen LogP) is 2.66. The van der Waals surface area contributed by atoms with Gasteiger partial charge >= 0.3 is 5.97 Å². The van der Waals surface area contributed by atoms with Gasteiger partial charge in [0.15, 0.2) is 0 Å². The summed E-state index contributed by atoms with van der Waals surface area (Å²) in [6.07, 6.45) is 6.96. The van der Waals surface area contributed by atoms with Gasteiger partial charge in [-0.3, -0.25) is 10.1 Å². The van der Waals surface area contributed by atoms with Crippen LogP contribution >= 0.6 is 0 Å². The molecule has 0 radical (unpaired) electrons. The van der Waals surface area contributed by atoms with Crippen molar-refractivity contribution >= 4 is 5.97 Å². The van der Waals surface area contributed by atoms with Crippen LogP contribution in [0.4, 0.5) is 0 Å². The van der Waals surface area contributed by atoms with E-state index in [4.69, 9.17) is 9.47 Å². The maximum absolute atomic E-state index is 12.2. The number of rotatable bonds is 10. The first kappa shape index (κ1) is 15.8. The highest BCUT2D eigenvalue weighted by Gasteiger charge is 2.40. The van der Waals surface area contributed by atoms with E-state index in [1.165, 1.54) is 12.8 Å². The maximum atomic E-state index is 12.2. The minimum atomic E-state index is -0.615. The van der Waals surface area contributed by atoms with Crippen LogP contribution in [-0.2, 0) is 14.3 Å². The SMILES string of the molecule is CCOC(=O)C(C)(CC(C)OCCC1CC1)NC1CC1. The molecule has 2 aliphatic carbocycles. The monoisotopic (exact) mass is 283 g/mol. The van der Waals surface area contributed by atoms with Gasteiger partial charge in [-0.05, 0) is 46.0 Å². The summed E-state index contributed by atoms with van der Waals surface area (Å²) in [5.74, 6) is 0.743. The van der Waals surface area contributed by atoms with E-state index in [-0.39, 0.29) is 12.1 Å². The van der Waals surface area contributed by atoms with E-state index in [0.29, 0.717) is 19.1 Å². The summed E-state index contributed by atoms with van der Waals surface area (Å²) in [5, 5.41) is 3.44. The first-order valence-corrected chi connectivity index (χ1v) is 8.10. The third-order valence-electron chi connectivity index (χ3n) is 4.15. The molecule has 2 fully saturated rings. The van der Waals surface area contributed by atoms with E-state index in [1.807, 2.05) is 13.8 Å². The van der Waals surface area contributed by atoms with Crippen molar-refractivity contribution in [2.75, 3.05) is 13.2 Å². The van der Waals surface area contributed by atoms with Gasteiger partial charge in [0, 0.05) is 19.1 Å². The van der Waals surface area contributed by atoms with Crippen LogP contribution in [0.15, 0.2) is 0 Å². The van der Waals surface area contributed by atoms with Crippen LogP contribution in [0, 0.1) is 5.92 Å². The number of nitrogens with one attached hydrogen (secondary N) is 1. The second-order valence-corrected chi connectivity index (χ2v) is 6.59. The third kappa shape index (κ3) is 5.06. The van der Waals surface area contributed by atoms with Crippen molar-refractivity contribution in [2.45, 2.75) is 77.0 Å². The molecule has 4 heteroatoms. The molecule has 2 aliphatic rings. The Bertz CT molecular complexity index is 326. The van der Waals surface area contributed by atoms with Crippen molar-refractivity contribution in [3.05, 3.63) is 0 Å². The zero-order valence-corrected chi connectivity index (χ0v) is 13.1. The van der Waals surface area contributed by atoms with E-state index in [0.717, 1.165) is 31.8 Å². The highest BCUT2D eigenvalue weighted by molar-refractivity contribution is 5.80. The van der Waals surface area contributed by atoms with Crippen LogP contribution in [0.25, 0.3) is 0 Å². The molecule has 0 heterocycles. The van der Waals surface area contributed by atoms with E-state index in [1.54, 1.807) is 0 Å². The second-order valence-electron chi connectivity index (χ2n) is 6.59. The largest absolute Gasteiger partial charge is 0.465 e. The van der Waals surface area contributed by atoms with Crippen LogP contribution in [0.1, 0.15) is 59.3 Å². The zero-order valence-electron chi connectivity index (χ0n) is 13.1. The Morgan fingerprint density at radius 1 is 1.35 bits per heavy atom. The summed E-state index contributed by atoms with van der Waals surface area (Å²) in [7, 11) is 0. The van der Waals surface area contributed by atoms with Crippen molar-refractivity contribution in [1.29, 1.82) is 0 Å². The van der Waals surface area contributed by atoms with Crippen molar-refractivity contribution < 1.29 is 14.3 Å². The molecule has 1 N–H and O–H groups in total. The standard InChI is InChI=1S/C16H29NO3/c1-4-19-15(18)16(3,17-14-7-8-14)11-12(2)20-10-9-13-5-6-13/h12-14,17H,4-11H2,1-3H3. The Morgan fingerprint density at radius 3 is 2.60 bits per heavy atom. The lowest BCUT2D eigenvalue weighted by Gasteiger charge is -2.31. The molecule has 2 saturated carbocycles. The molecular weight excluding hydrogens is 254 g/mol. The van der Waals surface area contributed by atoms with Crippen molar-refractivity contribution in [3.63, 3.8) is 0 Å². The van der Waals surface area contributed by atoms with Crippen LogP contribution in [0.3, 0.4) is 0 Å². The van der Waals surface area contributed by atoms with Gasteiger partial charge in [-0.2, -0.15) is 0 Å². The summed E-state index contributed by atoms with van der Waals surface area (Å²) >= 11 is 0. The van der Waals surface area contributed by atoms with E-state index >= 15 is 0 Å². The molecule has 4 nitrogen and oxygen atoms in total. The third-order valence-corrected chi connectivity index (χ3v) is 4.15. The lowest BCUT2D eigenvalue weighted by atomic mass is 9.94. The second kappa shape index (κ2) is 6.90. The van der Waals surface area contributed by atoms with Gasteiger partial charge in [0.25, 0.3) is 0 Å². The number of hydrogen-bond acceptors (Lipinski definition) is 4. The number of carbonyl (C=O) groups excluding carboxylic acids is 1. The molecule has 2 unspecified atom stereocenters. The molecule has 2 atom stereocenters. The molecular formula is C16H29NO3. The fourth-order valence-electron chi connectivity index (χ4n) is 2.65. The summed E-state index contributed by atoms with van der Waals surface area (Å²) in [6, 6.07) is 0.475. The van der Waals surface area contributed by atoms with Gasteiger partial charge in [-0.25, -0.2) is 0 Å². The molecule has 116 valence electrons. The fraction of sp³-hybridized carbons (Fsp3) is 0.938. The summed E-state index contributed by atoms with van der Waals surface area (Å²) in [4.78, 5) is 12.2. The van der Waals surface area contributed by atoms with Gasteiger partial charge in [-0.15, -0.1) is 0 Å². The summed E-state index contributed by atoms with van der Waals surface area (Å²) in [5.41, 5.74) is -0.615. The van der Waals surface area contributed by atoms with Crippen molar-refractivity contribution in [2.24, 2.45) is 5.92 Å². The van der Waals surface area contributed by atoms with Gasteiger partial charge in [0.1, 0.15) is 5.54 Å². The average molecular weight is 283 g/mol. The smallest absolute Gasteiger partial charge is 0.326 e. The van der Waals surface area contributed by atoms with E-state index < -0.39 is 5.54 Å². The molecule has 20 heavy (non-hydrogen) atoms. The van der Waals surface area contributed by atoms with E-state index in [2.05, 4.69) is 12.2 Å². The molecule has 0 amide bonds. The molecule has 0 aromatic heterocycles. The lowest BCUT2D eigenvalue weighted by Crippen LogP contribution is -2.53. The molecule has 0 aromatic rings. The quantitative estimate of drug-likeness (QED) is 0.626. The number of esters is 1. The summed E-state index contributed by atoms with van der Waals surface area (Å²) < 4.78 is 11.1. The normalized spacial score (nSPS) is 23.1.